The maximum absolute atomic E-state index is 2.30. The Balaban J connectivity index is 2.37. The zero-order valence-electron chi connectivity index (χ0n) is 10.8. The van der Waals surface area contributed by atoms with Crippen molar-refractivity contribution in [1.29, 1.82) is 0 Å². The van der Waals surface area contributed by atoms with Crippen molar-refractivity contribution in [2.75, 3.05) is 0 Å². The molecule has 0 bridgehead atoms. The van der Waals surface area contributed by atoms with Crippen LogP contribution in [0.15, 0.2) is 42.5 Å². The van der Waals surface area contributed by atoms with Crippen molar-refractivity contribution >= 4 is 26.7 Å². The second kappa shape index (κ2) is 4.18. The van der Waals surface area contributed by atoms with Crippen molar-refractivity contribution in [2.45, 2.75) is 13.8 Å². The van der Waals surface area contributed by atoms with Crippen LogP contribution in [0.2, 0.25) is 0 Å². The molecule has 0 atom stereocenters. The van der Waals surface area contributed by atoms with Gasteiger partial charge in [0.2, 0.25) is 0 Å². The smallest absolute Gasteiger partial charge is 0.0118 e. The summed E-state index contributed by atoms with van der Waals surface area (Å²) in [6.45, 7) is 4.46. The lowest BCUT2D eigenvalue weighted by atomic mass is 9.97. The van der Waals surface area contributed by atoms with E-state index in [9.17, 15) is 0 Å². The van der Waals surface area contributed by atoms with Gasteiger partial charge in [-0.05, 0) is 61.6 Å². The Labute approximate surface area is 110 Å². The van der Waals surface area contributed by atoms with Gasteiger partial charge < -0.3 is 0 Å². The predicted molar refractivity (Wildman–Crippen MR) is 83.0 cm³/mol. The maximum atomic E-state index is 2.30. The van der Waals surface area contributed by atoms with Crippen LogP contribution in [0.3, 0.4) is 0 Å². The van der Waals surface area contributed by atoms with Gasteiger partial charge in [0.05, 0.1) is 0 Å². The highest BCUT2D eigenvalue weighted by Crippen LogP contribution is 2.20. The Kier molecular flexibility index (Phi) is 2.64. The number of hydrogen-bond donors (Lipinski definition) is 0. The van der Waals surface area contributed by atoms with Crippen LogP contribution in [0, 0.1) is 6.92 Å². The SMILES string of the molecule is CC1=c2c(C)c(-c3ccccc3)ccc2=CC1=[SiH2]. The van der Waals surface area contributed by atoms with Gasteiger partial charge in [0, 0.05) is 0 Å². The van der Waals surface area contributed by atoms with Gasteiger partial charge in [-0.3, -0.25) is 0 Å². The molecule has 0 radical (unpaired) electrons. The van der Waals surface area contributed by atoms with Crippen LogP contribution in [0.1, 0.15) is 12.5 Å². The molecule has 0 aliphatic heterocycles. The van der Waals surface area contributed by atoms with E-state index < -0.39 is 0 Å². The van der Waals surface area contributed by atoms with Gasteiger partial charge >= 0.3 is 0 Å². The Morgan fingerprint density at radius 3 is 2.33 bits per heavy atom. The van der Waals surface area contributed by atoms with Gasteiger partial charge in [0.15, 0.2) is 0 Å². The van der Waals surface area contributed by atoms with Crippen LogP contribution in [-0.4, -0.2) is 15.0 Å². The number of rotatable bonds is 1. The average molecular weight is 248 g/mol. The third-order valence-electron chi connectivity index (χ3n) is 3.77. The normalized spacial score (nSPS) is 13.4. The minimum Gasteiger partial charge on any atom is -0.0622 e. The van der Waals surface area contributed by atoms with Crippen LogP contribution in [0.5, 0.6) is 0 Å². The Hall–Kier alpha value is -1.73. The van der Waals surface area contributed by atoms with E-state index in [1.165, 1.54) is 37.9 Å². The fourth-order valence-electron chi connectivity index (χ4n) is 2.74. The molecule has 0 aromatic heterocycles. The van der Waals surface area contributed by atoms with Crippen LogP contribution in [0.4, 0.5) is 0 Å². The summed E-state index contributed by atoms with van der Waals surface area (Å²) >= 11 is 0. The molecule has 1 aliphatic carbocycles. The molecule has 0 spiro atoms. The van der Waals surface area contributed by atoms with Crippen LogP contribution in [-0.2, 0) is 0 Å². The van der Waals surface area contributed by atoms with E-state index in [-0.39, 0.29) is 0 Å². The molecule has 1 heteroatoms. The van der Waals surface area contributed by atoms with E-state index in [1.807, 2.05) is 9.85 Å². The molecule has 88 valence electrons. The minimum absolute atomic E-state index is 1.30. The third-order valence-corrected chi connectivity index (χ3v) is 4.50. The Morgan fingerprint density at radius 1 is 0.889 bits per heavy atom. The van der Waals surface area contributed by atoms with Crippen LogP contribution >= 0.6 is 0 Å². The van der Waals surface area contributed by atoms with Crippen molar-refractivity contribution in [3.63, 3.8) is 0 Å². The highest BCUT2D eigenvalue weighted by molar-refractivity contribution is 6.61. The van der Waals surface area contributed by atoms with E-state index in [1.54, 1.807) is 0 Å². The zero-order valence-corrected chi connectivity index (χ0v) is 12.2. The van der Waals surface area contributed by atoms with E-state index >= 15 is 0 Å². The molecule has 2 aromatic carbocycles. The summed E-state index contributed by atoms with van der Waals surface area (Å²) in [5, 5.41) is 4.22. The van der Waals surface area contributed by atoms with Crippen molar-refractivity contribution in [1.82, 2.24) is 0 Å². The van der Waals surface area contributed by atoms with E-state index in [0.717, 1.165) is 0 Å². The summed E-state index contributed by atoms with van der Waals surface area (Å²) in [7, 11) is 1.98. The first-order valence-corrected chi connectivity index (χ1v) is 6.96. The van der Waals surface area contributed by atoms with E-state index in [4.69, 9.17) is 0 Å². The summed E-state index contributed by atoms with van der Waals surface area (Å²) in [6, 6.07) is 15.1. The standard InChI is InChI=1S/C17H16Si/c1-11-15(13-6-4-3-5-7-13)9-8-14-10-16(18)12(2)17(11)14/h3-10H,18H2,1-2H3. The molecule has 2 aromatic rings. The van der Waals surface area contributed by atoms with Gasteiger partial charge in [0.1, 0.15) is 0 Å². The lowest BCUT2D eigenvalue weighted by Gasteiger charge is -2.07. The zero-order chi connectivity index (χ0) is 12.7. The van der Waals surface area contributed by atoms with E-state index in [2.05, 4.69) is 62.4 Å². The molecule has 0 N–H and O–H groups in total. The molecule has 0 saturated heterocycles. The van der Waals surface area contributed by atoms with Crippen LogP contribution in [0.25, 0.3) is 22.8 Å². The van der Waals surface area contributed by atoms with Gasteiger partial charge in [0.25, 0.3) is 0 Å². The van der Waals surface area contributed by atoms with Crippen molar-refractivity contribution in [3.8, 4) is 11.1 Å². The number of hydrogen-bond acceptors (Lipinski definition) is 0. The highest BCUT2D eigenvalue weighted by Gasteiger charge is 2.10. The predicted octanol–water partition coefficient (Wildman–Crippen LogP) is 1.43. The molecule has 0 fully saturated rings. The first kappa shape index (κ1) is 11.4. The molecular formula is C17H16Si. The fourth-order valence-corrected chi connectivity index (χ4v) is 3.13. The molecule has 0 heterocycles. The Morgan fingerprint density at radius 2 is 1.61 bits per heavy atom. The van der Waals surface area contributed by atoms with Gasteiger partial charge in [-0.2, -0.15) is 0 Å². The fraction of sp³-hybridized carbons (Fsp3) is 0.118. The summed E-state index contributed by atoms with van der Waals surface area (Å²) < 4.78 is 0. The average Bonchev–Trinajstić information content (AvgIpc) is 2.67. The lowest BCUT2D eigenvalue weighted by Crippen LogP contribution is -2.26. The third kappa shape index (κ3) is 1.63. The maximum Gasteiger partial charge on any atom is -0.0118 e. The second-order valence-corrected chi connectivity index (χ2v) is 5.62. The van der Waals surface area contributed by atoms with E-state index in [0.29, 0.717) is 0 Å². The second-order valence-electron chi connectivity index (χ2n) is 4.86. The van der Waals surface area contributed by atoms with Gasteiger partial charge in [-0.25, -0.2) is 0 Å². The summed E-state index contributed by atoms with van der Waals surface area (Å²) in [5.74, 6) is 0. The molecule has 0 saturated carbocycles. The molecule has 0 amide bonds. The molecule has 3 rings (SSSR count). The molecule has 0 nitrogen and oxygen atoms in total. The highest BCUT2D eigenvalue weighted by atomic mass is 28.1. The van der Waals surface area contributed by atoms with Crippen molar-refractivity contribution < 1.29 is 0 Å². The quantitative estimate of drug-likeness (QED) is 0.670. The monoisotopic (exact) mass is 248 g/mol. The number of fused-ring (bicyclic) bond motifs is 1. The van der Waals surface area contributed by atoms with Crippen LogP contribution < -0.4 is 10.4 Å². The summed E-state index contributed by atoms with van der Waals surface area (Å²) in [4.78, 5) is 0. The van der Waals surface area contributed by atoms with Gasteiger partial charge in [-0.1, -0.05) is 48.5 Å². The summed E-state index contributed by atoms with van der Waals surface area (Å²) in [6.07, 6.45) is 2.30. The Bertz CT molecular complexity index is 752. The minimum atomic E-state index is 1.30. The summed E-state index contributed by atoms with van der Waals surface area (Å²) in [5.41, 5.74) is 5.48. The largest absolute Gasteiger partial charge is 0.0622 e. The topological polar surface area (TPSA) is 0 Å². The first-order valence-electron chi connectivity index (χ1n) is 6.25. The van der Waals surface area contributed by atoms with Crippen molar-refractivity contribution in [2.24, 2.45) is 0 Å². The van der Waals surface area contributed by atoms with Gasteiger partial charge in [-0.15, -0.1) is 0 Å². The molecule has 1 aliphatic rings. The molecule has 0 unspecified atom stereocenters. The van der Waals surface area contributed by atoms with Crippen molar-refractivity contribution in [3.05, 3.63) is 58.5 Å². The molecular weight excluding hydrogens is 232 g/mol. The first-order chi connectivity index (χ1) is 8.68. The molecule has 18 heavy (non-hydrogen) atoms. The number of benzene rings is 2. The lowest BCUT2D eigenvalue weighted by molar-refractivity contribution is 1.36.